The smallest absolute Gasteiger partial charge is 0.408 e. The van der Waals surface area contributed by atoms with E-state index in [2.05, 4.69) is 15.3 Å². The lowest BCUT2D eigenvalue weighted by molar-refractivity contribution is -0.141. The standard InChI is InChI=1S/C34H43ClF2N4O5/c1-6-20-26-16-41(27(20)17(2)42)31(43)29(33(3,4)5)40-32(44)46-25-14-18-13-22(18)21(25)9-7-8-12-34(36,37)28-30(45-26)39-24-15-19(35)10-11-23(24)38-28/h10-11,15,18,20-22,25-27,29H,6-9,12-14,16H2,1-5H3,(H,40,44)/t18?,20-,21-,22?,25-,26+,27-,29-/m1/s1. The number of benzene rings is 1. The molecule has 6 rings (SSSR count). The molecule has 2 aliphatic carbocycles. The van der Waals surface area contributed by atoms with Crippen LogP contribution in [0.25, 0.3) is 11.0 Å². The third-order valence-corrected chi connectivity index (χ3v) is 10.7. The van der Waals surface area contributed by atoms with Crippen LogP contribution in [-0.2, 0) is 20.2 Å². The largest absolute Gasteiger partial charge is 0.471 e. The summed E-state index contributed by atoms with van der Waals surface area (Å²) in [6, 6.07) is 2.78. The molecule has 3 fully saturated rings. The molecule has 3 heterocycles. The fourth-order valence-corrected chi connectivity index (χ4v) is 8.18. The molecular weight excluding hydrogens is 618 g/mol. The summed E-state index contributed by atoms with van der Waals surface area (Å²) >= 11 is 6.20. The molecule has 1 aromatic heterocycles. The maximum atomic E-state index is 16.1. The van der Waals surface area contributed by atoms with Crippen LogP contribution in [0.5, 0.6) is 5.88 Å². The summed E-state index contributed by atoms with van der Waals surface area (Å²) in [5.74, 6) is -3.93. The van der Waals surface area contributed by atoms with E-state index in [1.807, 2.05) is 27.7 Å². The number of halogens is 3. The monoisotopic (exact) mass is 660 g/mol. The van der Waals surface area contributed by atoms with E-state index in [1.165, 1.54) is 11.8 Å². The van der Waals surface area contributed by atoms with Gasteiger partial charge in [0.05, 0.1) is 23.6 Å². The average molecular weight is 661 g/mol. The van der Waals surface area contributed by atoms with Crippen molar-refractivity contribution >= 4 is 40.4 Å². The van der Waals surface area contributed by atoms with Gasteiger partial charge in [0, 0.05) is 17.4 Å². The summed E-state index contributed by atoms with van der Waals surface area (Å²) in [6.45, 7) is 8.72. The van der Waals surface area contributed by atoms with Crippen LogP contribution in [0, 0.1) is 29.1 Å². The quantitative estimate of drug-likeness (QED) is 0.382. The highest BCUT2D eigenvalue weighted by Crippen LogP contribution is 2.58. The third kappa shape index (κ3) is 6.28. The number of rotatable bonds is 2. The summed E-state index contributed by atoms with van der Waals surface area (Å²) < 4.78 is 44.5. The van der Waals surface area contributed by atoms with Crippen molar-refractivity contribution in [1.82, 2.24) is 20.2 Å². The van der Waals surface area contributed by atoms with E-state index in [9.17, 15) is 14.4 Å². The van der Waals surface area contributed by atoms with Crippen molar-refractivity contribution in [2.75, 3.05) is 6.54 Å². The topological polar surface area (TPSA) is 111 Å². The lowest BCUT2D eigenvalue weighted by Crippen LogP contribution is -2.57. The van der Waals surface area contributed by atoms with Gasteiger partial charge in [-0.15, -0.1) is 0 Å². The molecule has 0 radical (unpaired) electrons. The zero-order chi connectivity index (χ0) is 33.1. The molecule has 2 unspecified atom stereocenters. The molecule has 2 bridgehead atoms. The van der Waals surface area contributed by atoms with E-state index in [1.54, 1.807) is 18.2 Å². The van der Waals surface area contributed by atoms with Crippen LogP contribution < -0.4 is 10.1 Å². The van der Waals surface area contributed by atoms with Gasteiger partial charge in [-0.2, -0.15) is 8.78 Å². The van der Waals surface area contributed by atoms with Crippen LogP contribution in [0.1, 0.15) is 85.3 Å². The fourth-order valence-electron chi connectivity index (χ4n) is 8.01. The number of carbonyl (C=O) groups is 3. The van der Waals surface area contributed by atoms with Crippen LogP contribution in [0.15, 0.2) is 18.2 Å². The van der Waals surface area contributed by atoms with Crippen LogP contribution >= 0.6 is 11.6 Å². The Morgan fingerprint density at radius 3 is 2.54 bits per heavy atom. The number of Topliss-reactive ketones (excluding diaryl/α,β-unsaturated/α-hetero) is 1. The molecule has 2 aliphatic heterocycles. The van der Waals surface area contributed by atoms with Crippen LogP contribution in [0.3, 0.4) is 0 Å². The predicted molar refractivity (Wildman–Crippen MR) is 168 cm³/mol. The molecule has 0 spiro atoms. The third-order valence-electron chi connectivity index (χ3n) is 10.4. The lowest BCUT2D eigenvalue weighted by Gasteiger charge is -2.36. The molecule has 1 N–H and O–H groups in total. The first-order valence-corrected chi connectivity index (χ1v) is 16.9. The minimum atomic E-state index is -3.36. The highest BCUT2D eigenvalue weighted by molar-refractivity contribution is 6.31. The molecule has 8 atom stereocenters. The Balaban J connectivity index is 1.42. The Morgan fingerprint density at radius 2 is 1.85 bits per heavy atom. The summed E-state index contributed by atoms with van der Waals surface area (Å²) in [5, 5.41) is 3.21. The van der Waals surface area contributed by atoms with E-state index >= 15 is 8.78 Å². The number of ketones is 1. The van der Waals surface area contributed by atoms with Crippen molar-refractivity contribution in [2.24, 2.45) is 29.1 Å². The number of ether oxygens (including phenoxy) is 2. The molecule has 46 heavy (non-hydrogen) atoms. The van der Waals surface area contributed by atoms with Crippen molar-refractivity contribution in [3.05, 3.63) is 28.9 Å². The molecule has 2 saturated carbocycles. The minimum absolute atomic E-state index is 0.0563. The summed E-state index contributed by atoms with van der Waals surface area (Å²) in [7, 11) is 0. The first-order chi connectivity index (χ1) is 21.7. The molecule has 250 valence electrons. The second-order valence-electron chi connectivity index (χ2n) is 14.7. The first kappa shape index (κ1) is 32.8. The second-order valence-corrected chi connectivity index (χ2v) is 15.1. The van der Waals surface area contributed by atoms with E-state index in [-0.39, 0.29) is 42.2 Å². The molecule has 12 heteroatoms. The van der Waals surface area contributed by atoms with Crippen molar-refractivity contribution in [3.8, 4) is 5.88 Å². The molecule has 1 saturated heterocycles. The van der Waals surface area contributed by atoms with Gasteiger partial charge >= 0.3 is 6.09 Å². The molecular formula is C34H43ClF2N4O5. The van der Waals surface area contributed by atoms with Gasteiger partial charge in [-0.25, -0.2) is 14.8 Å². The highest BCUT2D eigenvalue weighted by atomic mass is 35.5. The maximum absolute atomic E-state index is 16.1. The Bertz CT molecular complexity index is 1530. The van der Waals surface area contributed by atoms with Crippen molar-refractivity contribution in [3.63, 3.8) is 0 Å². The van der Waals surface area contributed by atoms with Gasteiger partial charge in [0.2, 0.25) is 11.8 Å². The Hall–Kier alpha value is -3.08. The Kier molecular flexibility index (Phi) is 8.70. The maximum Gasteiger partial charge on any atom is 0.408 e. The fraction of sp³-hybridized carbons (Fsp3) is 0.676. The first-order valence-electron chi connectivity index (χ1n) is 16.5. The highest BCUT2D eigenvalue weighted by Gasteiger charge is 2.55. The number of alkyl carbamates (subject to hydrolysis) is 1. The molecule has 2 aromatic rings. The number of amides is 2. The molecule has 2 amide bonds. The van der Waals surface area contributed by atoms with Crippen molar-refractivity contribution in [2.45, 2.75) is 110 Å². The van der Waals surface area contributed by atoms with Crippen LogP contribution in [0.2, 0.25) is 5.02 Å². The van der Waals surface area contributed by atoms with Gasteiger partial charge in [0.1, 0.15) is 18.2 Å². The van der Waals surface area contributed by atoms with Gasteiger partial charge in [0.25, 0.3) is 5.92 Å². The Morgan fingerprint density at radius 1 is 1.09 bits per heavy atom. The van der Waals surface area contributed by atoms with Gasteiger partial charge in [-0.3, -0.25) is 9.59 Å². The number of nitrogens with one attached hydrogen (secondary N) is 1. The predicted octanol–water partition coefficient (Wildman–Crippen LogP) is 6.69. The van der Waals surface area contributed by atoms with Crippen LogP contribution in [0.4, 0.5) is 13.6 Å². The normalized spacial score (nSPS) is 33.1. The van der Waals surface area contributed by atoms with Crippen molar-refractivity contribution in [1.29, 1.82) is 0 Å². The van der Waals surface area contributed by atoms with Crippen LogP contribution in [-0.4, -0.2) is 63.5 Å². The van der Waals surface area contributed by atoms with Gasteiger partial charge in [-0.1, -0.05) is 45.7 Å². The van der Waals surface area contributed by atoms with E-state index in [4.69, 9.17) is 21.1 Å². The average Bonchev–Trinajstić information content (AvgIpc) is 3.50. The second kappa shape index (κ2) is 12.2. The number of alkyl halides is 2. The number of carbonyl (C=O) groups excluding carboxylic acids is 3. The molecule has 1 aromatic carbocycles. The minimum Gasteiger partial charge on any atom is -0.471 e. The van der Waals surface area contributed by atoms with Crippen molar-refractivity contribution < 1.29 is 32.6 Å². The number of fused-ring (bicyclic) bond motifs is 7. The summed E-state index contributed by atoms with van der Waals surface area (Å²) in [5.41, 5.74) is -0.728. The number of hydrogen-bond acceptors (Lipinski definition) is 7. The van der Waals surface area contributed by atoms with Gasteiger partial charge in [0.15, 0.2) is 11.5 Å². The van der Waals surface area contributed by atoms with Gasteiger partial charge < -0.3 is 19.7 Å². The lowest BCUT2D eigenvalue weighted by atomic mass is 9.85. The number of nitrogens with zero attached hydrogens (tertiary/aromatic N) is 3. The number of hydrogen-bond donors (Lipinski definition) is 1. The van der Waals surface area contributed by atoms with Gasteiger partial charge in [-0.05, 0) is 80.4 Å². The zero-order valence-electron chi connectivity index (χ0n) is 27.0. The molecule has 9 nitrogen and oxygen atoms in total. The number of aromatic nitrogens is 2. The SMILES string of the molecule is CC[C@@H]1[C@@H]2CN(C(=O)[C@H](C(C)(C)C)NC(=O)O[C@@H]3CC4CC4[C@H]3CCCCC(F)(F)c3nc4ccc(Cl)cc4nc3O2)[C@@H]1C(C)=O. The summed E-state index contributed by atoms with van der Waals surface area (Å²) in [6.07, 6.45) is 1.37. The Labute approximate surface area is 273 Å². The van der Waals surface area contributed by atoms with E-state index in [0.29, 0.717) is 41.6 Å². The summed E-state index contributed by atoms with van der Waals surface area (Å²) in [4.78, 5) is 51.0. The van der Waals surface area contributed by atoms with E-state index < -0.39 is 59.6 Å². The zero-order valence-corrected chi connectivity index (χ0v) is 27.8. The molecule has 4 aliphatic rings. The van der Waals surface area contributed by atoms with E-state index in [0.717, 1.165) is 12.8 Å².